The highest BCUT2D eigenvalue weighted by Gasteiger charge is 2.12. The summed E-state index contributed by atoms with van der Waals surface area (Å²) in [6.45, 7) is 3.38. The van der Waals surface area contributed by atoms with Crippen LogP contribution in [-0.2, 0) is 13.1 Å². The van der Waals surface area contributed by atoms with Gasteiger partial charge in [-0.05, 0) is 60.1 Å². The largest absolute Gasteiger partial charge is 0.340 e. The molecule has 0 radical (unpaired) electrons. The lowest BCUT2D eigenvalue weighted by molar-refractivity contribution is 0.412. The number of nitrogens with zero attached hydrogens (tertiary/aromatic N) is 2. The summed E-state index contributed by atoms with van der Waals surface area (Å²) < 4.78 is 0. The second-order valence-corrected chi connectivity index (χ2v) is 6.89. The van der Waals surface area contributed by atoms with Crippen LogP contribution in [0, 0.1) is 6.92 Å². The summed E-state index contributed by atoms with van der Waals surface area (Å²) in [6.07, 6.45) is 3.64. The molecule has 3 aromatic rings. The molecular formula is C21H20ClN3S. The third-order valence-electron chi connectivity index (χ3n) is 4.01. The van der Waals surface area contributed by atoms with Crippen LogP contribution in [0.5, 0.6) is 0 Å². The molecule has 0 fully saturated rings. The zero-order valence-electron chi connectivity index (χ0n) is 14.5. The molecule has 2 aromatic carbocycles. The van der Waals surface area contributed by atoms with Crippen molar-refractivity contribution in [3.8, 4) is 0 Å². The van der Waals surface area contributed by atoms with Crippen molar-refractivity contribution in [2.45, 2.75) is 20.0 Å². The molecule has 0 aliphatic carbocycles. The SMILES string of the molecule is Cc1cc(NC(=S)N(Cc2ccccc2)Cc2cccnc2)ccc1Cl. The van der Waals surface area contributed by atoms with E-state index in [1.807, 2.05) is 55.6 Å². The number of halogens is 1. The number of pyridine rings is 1. The summed E-state index contributed by atoms with van der Waals surface area (Å²) in [7, 11) is 0. The average Bonchev–Trinajstić information content (AvgIpc) is 2.66. The number of aromatic nitrogens is 1. The van der Waals surface area contributed by atoms with Gasteiger partial charge in [-0.25, -0.2) is 0 Å². The molecule has 3 nitrogen and oxygen atoms in total. The molecule has 1 N–H and O–H groups in total. The average molecular weight is 382 g/mol. The second-order valence-electron chi connectivity index (χ2n) is 6.10. The first-order valence-corrected chi connectivity index (χ1v) is 9.15. The zero-order chi connectivity index (χ0) is 18.4. The molecule has 0 unspecified atom stereocenters. The maximum absolute atomic E-state index is 6.12. The highest BCUT2D eigenvalue weighted by molar-refractivity contribution is 7.80. The Morgan fingerprint density at radius 3 is 2.46 bits per heavy atom. The third kappa shape index (κ3) is 5.04. The van der Waals surface area contributed by atoms with Gasteiger partial charge in [-0.3, -0.25) is 4.98 Å². The van der Waals surface area contributed by atoms with E-state index in [0.717, 1.165) is 21.8 Å². The topological polar surface area (TPSA) is 28.2 Å². The first kappa shape index (κ1) is 18.4. The molecule has 132 valence electrons. The predicted octanol–water partition coefficient (Wildman–Crippen LogP) is 5.44. The van der Waals surface area contributed by atoms with Crippen LogP contribution in [0.25, 0.3) is 0 Å². The molecule has 0 aliphatic heterocycles. The fourth-order valence-corrected chi connectivity index (χ4v) is 3.00. The van der Waals surface area contributed by atoms with E-state index in [0.29, 0.717) is 18.2 Å². The van der Waals surface area contributed by atoms with Crippen molar-refractivity contribution in [1.29, 1.82) is 0 Å². The smallest absolute Gasteiger partial charge is 0.174 e. The van der Waals surface area contributed by atoms with Gasteiger partial charge in [0, 0.05) is 36.2 Å². The van der Waals surface area contributed by atoms with E-state index >= 15 is 0 Å². The third-order valence-corrected chi connectivity index (χ3v) is 4.79. The van der Waals surface area contributed by atoms with Crippen LogP contribution in [0.4, 0.5) is 5.69 Å². The minimum Gasteiger partial charge on any atom is -0.340 e. The zero-order valence-corrected chi connectivity index (χ0v) is 16.1. The Bertz CT molecular complexity index is 827. The van der Waals surface area contributed by atoms with Gasteiger partial charge in [0.15, 0.2) is 5.11 Å². The van der Waals surface area contributed by atoms with Gasteiger partial charge in [-0.1, -0.05) is 48.0 Å². The minimum atomic E-state index is 0.666. The summed E-state index contributed by atoms with van der Waals surface area (Å²) in [5.74, 6) is 0. The maximum atomic E-state index is 6.12. The van der Waals surface area contributed by atoms with Gasteiger partial charge >= 0.3 is 0 Å². The van der Waals surface area contributed by atoms with Gasteiger partial charge in [0.2, 0.25) is 0 Å². The van der Waals surface area contributed by atoms with Crippen molar-refractivity contribution in [1.82, 2.24) is 9.88 Å². The van der Waals surface area contributed by atoms with E-state index in [1.165, 1.54) is 5.56 Å². The van der Waals surface area contributed by atoms with Gasteiger partial charge in [-0.15, -0.1) is 0 Å². The number of rotatable bonds is 5. The highest BCUT2D eigenvalue weighted by atomic mass is 35.5. The second kappa shape index (κ2) is 8.79. The van der Waals surface area contributed by atoms with Crippen molar-refractivity contribution < 1.29 is 0 Å². The molecule has 0 spiro atoms. The summed E-state index contributed by atoms with van der Waals surface area (Å²) in [4.78, 5) is 6.33. The fourth-order valence-electron chi connectivity index (χ4n) is 2.64. The van der Waals surface area contributed by atoms with Crippen LogP contribution < -0.4 is 5.32 Å². The molecule has 5 heteroatoms. The van der Waals surface area contributed by atoms with Crippen LogP contribution in [0.15, 0.2) is 73.1 Å². The van der Waals surface area contributed by atoms with Crippen LogP contribution in [-0.4, -0.2) is 15.0 Å². The van der Waals surface area contributed by atoms with Gasteiger partial charge in [-0.2, -0.15) is 0 Å². The number of nitrogens with one attached hydrogen (secondary N) is 1. The molecule has 1 heterocycles. The molecule has 0 amide bonds. The van der Waals surface area contributed by atoms with Gasteiger partial charge < -0.3 is 10.2 Å². The Morgan fingerprint density at radius 2 is 1.77 bits per heavy atom. The Labute approximate surface area is 164 Å². The van der Waals surface area contributed by atoms with Gasteiger partial charge in [0.25, 0.3) is 0 Å². The molecule has 1 aromatic heterocycles. The molecule has 0 atom stereocenters. The van der Waals surface area contributed by atoms with E-state index in [2.05, 4.69) is 33.4 Å². The first-order valence-electron chi connectivity index (χ1n) is 8.37. The number of hydrogen-bond acceptors (Lipinski definition) is 2. The van der Waals surface area contributed by atoms with Crippen molar-refractivity contribution in [3.05, 3.63) is 94.8 Å². The first-order chi connectivity index (χ1) is 12.6. The monoisotopic (exact) mass is 381 g/mol. The van der Waals surface area contributed by atoms with Crippen molar-refractivity contribution in [2.75, 3.05) is 5.32 Å². The predicted molar refractivity (Wildman–Crippen MR) is 112 cm³/mol. The Kier molecular flexibility index (Phi) is 6.21. The standard InChI is InChI=1S/C21H20ClN3S/c1-16-12-19(9-10-20(16)22)24-21(26)25(14-17-6-3-2-4-7-17)15-18-8-5-11-23-13-18/h2-13H,14-15H2,1H3,(H,24,26). The van der Waals surface area contributed by atoms with Crippen LogP contribution in [0.3, 0.4) is 0 Å². The molecule has 0 saturated carbocycles. The number of thiocarbonyl (C=S) groups is 1. The quantitative estimate of drug-likeness (QED) is 0.595. The lowest BCUT2D eigenvalue weighted by Crippen LogP contribution is -2.33. The van der Waals surface area contributed by atoms with E-state index in [4.69, 9.17) is 23.8 Å². The minimum absolute atomic E-state index is 0.666. The summed E-state index contributed by atoms with van der Waals surface area (Å²) in [6, 6.07) is 20.1. The van der Waals surface area contributed by atoms with E-state index in [9.17, 15) is 0 Å². The Morgan fingerprint density at radius 1 is 1.04 bits per heavy atom. The van der Waals surface area contributed by atoms with E-state index in [-0.39, 0.29) is 0 Å². The molecular weight excluding hydrogens is 362 g/mol. The molecule has 3 rings (SSSR count). The number of hydrogen-bond donors (Lipinski definition) is 1. The van der Waals surface area contributed by atoms with Crippen LogP contribution >= 0.6 is 23.8 Å². The number of aryl methyl sites for hydroxylation is 1. The number of anilines is 1. The van der Waals surface area contributed by atoms with Crippen LogP contribution in [0.1, 0.15) is 16.7 Å². The van der Waals surface area contributed by atoms with Gasteiger partial charge in [0.1, 0.15) is 0 Å². The highest BCUT2D eigenvalue weighted by Crippen LogP contribution is 2.20. The van der Waals surface area contributed by atoms with E-state index in [1.54, 1.807) is 6.20 Å². The van der Waals surface area contributed by atoms with E-state index < -0.39 is 0 Å². The van der Waals surface area contributed by atoms with Crippen molar-refractivity contribution >= 4 is 34.6 Å². The lowest BCUT2D eigenvalue weighted by atomic mass is 10.2. The van der Waals surface area contributed by atoms with Crippen LogP contribution in [0.2, 0.25) is 5.02 Å². The lowest BCUT2D eigenvalue weighted by Gasteiger charge is -2.26. The summed E-state index contributed by atoms with van der Waals surface area (Å²) in [5, 5.41) is 4.74. The maximum Gasteiger partial charge on any atom is 0.174 e. The fraction of sp³-hybridized carbons (Fsp3) is 0.143. The Balaban J connectivity index is 1.78. The molecule has 26 heavy (non-hydrogen) atoms. The van der Waals surface area contributed by atoms with Crippen molar-refractivity contribution in [2.24, 2.45) is 0 Å². The van der Waals surface area contributed by atoms with Crippen molar-refractivity contribution in [3.63, 3.8) is 0 Å². The normalized spacial score (nSPS) is 10.4. The molecule has 0 bridgehead atoms. The Hall–Kier alpha value is -2.43. The summed E-state index contributed by atoms with van der Waals surface area (Å²) >= 11 is 11.8. The molecule has 0 saturated heterocycles. The van der Waals surface area contributed by atoms with Gasteiger partial charge in [0.05, 0.1) is 0 Å². The summed E-state index contributed by atoms with van der Waals surface area (Å²) in [5.41, 5.74) is 4.26. The molecule has 0 aliphatic rings. The number of benzene rings is 2.